The third-order valence-electron chi connectivity index (χ3n) is 3.43. The second kappa shape index (κ2) is 8.48. The molecule has 8 heteroatoms. The average Bonchev–Trinajstić information content (AvgIpc) is 2.62. The van der Waals surface area contributed by atoms with Gasteiger partial charge in [-0.25, -0.2) is 0 Å². The lowest BCUT2D eigenvalue weighted by molar-refractivity contribution is -0.384. The van der Waals surface area contributed by atoms with Crippen molar-refractivity contribution in [2.24, 2.45) is 0 Å². The molecule has 0 aromatic heterocycles. The zero-order valence-electron chi connectivity index (χ0n) is 14.3. The van der Waals surface area contributed by atoms with Crippen LogP contribution in [0.15, 0.2) is 36.4 Å². The molecule has 1 amide bonds. The molecule has 2 aromatic rings. The Morgan fingerprint density at radius 1 is 1.23 bits per heavy atom. The van der Waals surface area contributed by atoms with Crippen LogP contribution in [0.2, 0.25) is 0 Å². The zero-order chi connectivity index (χ0) is 19.1. The van der Waals surface area contributed by atoms with E-state index in [1.165, 1.54) is 24.3 Å². The fourth-order valence-electron chi connectivity index (χ4n) is 2.20. The number of carbonyl (C=O) groups excluding carboxylic acids is 1. The van der Waals surface area contributed by atoms with Gasteiger partial charge in [0.1, 0.15) is 0 Å². The molecule has 2 aromatic carbocycles. The second-order valence-electron chi connectivity index (χ2n) is 5.30. The van der Waals surface area contributed by atoms with Crippen molar-refractivity contribution in [3.63, 3.8) is 0 Å². The summed E-state index contributed by atoms with van der Waals surface area (Å²) in [6.45, 7) is 3.58. The van der Waals surface area contributed by atoms with Crippen LogP contribution in [0.25, 0.3) is 0 Å². The molecule has 0 atom stereocenters. The number of ether oxygens (including phenoxy) is 2. The summed E-state index contributed by atoms with van der Waals surface area (Å²) in [5, 5.41) is 22.3. The van der Waals surface area contributed by atoms with Crippen LogP contribution >= 0.6 is 0 Å². The molecule has 0 fully saturated rings. The number of nitro groups is 1. The third-order valence-corrected chi connectivity index (χ3v) is 3.43. The summed E-state index contributed by atoms with van der Waals surface area (Å²) in [7, 11) is 0. The van der Waals surface area contributed by atoms with Gasteiger partial charge in [0.25, 0.3) is 11.6 Å². The van der Waals surface area contributed by atoms with Crippen molar-refractivity contribution in [2.45, 2.75) is 13.8 Å². The van der Waals surface area contributed by atoms with Crippen LogP contribution in [0, 0.1) is 28.4 Å². The molecule has 0 saturated heterocycles. The average molecular weight is 355 g/mol. The van der Waals surface area contributed by atoms with E-state index in [0.29, 0.717) is 34.9 Å². The molecule has 1 N–H and O–H groups in total. The number of aryl methyl sites for hydroxylation is 1. The third kappa shape index (κ3) is 4.70. The number of nitriles is 1. The van der Waals surface area contributed by atoms with Gasteiger partial charge < -0.3 is 14.8 Å². The van der Waals surface area contributed by atoms with Crippen molar-refractivity contribution >= 4 is 17.3 Å². The Morgan fingerprint density at radius 2 is 2.00 bits per heavy atom. The van der Waals surface area contributed by atoms with Gasteiger partial charge >= 0.3 is 0 Å². The minimum Gasteiger partial charge on any atom is -0.490 e. The Bertz CT molecular complexity index is 874. The number of nitro benzene ring substituents is 1. The largest absolute Gasteiger partial charge is 0.490 e. The molecule has 0 aliphatic rings. The highest BCUT2D eigenvalue weighted by molar-refractivity contribution is 5.92. The lowest BCUT2D eigenvalue weighted by Gasteiger charge is -2.13. The second-order valence-corrected chi connectivity index (χ2v) is 5.30. The highest BCUT2D eigenvalue weighted by atomic mass is 16.6. The number of benzene rings is 2. The van der Waals surface area contributed by atoms with Crippen molar-refractivity contribution < 1.29 is 19.2 Å². The van der Waals surface area contributed by atoms with Gasteiger partial charge in [-0.3, -0.25) is 14.9 Å². The summed E-state index contributed by atoms with van der Waals surface area (Å²) in [6.07, 6.45) is 0. The number of nitrogens with one attached hydrogen (secondary N) is 1. The highest BCUT2D eigenvalue weighted by Crippen LogP contribution is 2.28. The van der Waals surface area contributed by atoms with E-state index in [1.807, 2.05) is 6.07 Å². The summed E-state index contributed by atoms with van der Waals surface area (Å²) >= 11 is 0. The predicted molar refractivity (Wildman–Crippen MR) is 94.3 cm³/mol. The molecular formula is C18H17N3O5. The Morgan fingerprint density at radius 3 is 2.62 bits per heavy atom. The number of nitrogens with zero attached hydrogens (tertiary/aromatic N) is 2. The Kier molecular flexibility index (Phi) is 6.11. The standard InChI is InChI=1S/C18H17N3O5/c1-3-25-17-9-13(10-19)4-7-16(17)26-11-18(22)20-15-6-5-14(21(23)24)8-12(15)2/h4-9H,3,11H2,1-2H3,(H,20,22). The van der Waals surface area contributed by atoms with E-state index < -0.39 is 10.8 Å². The molecule has 134 valence electrons. The van der Waals surface area contributed by atoms with E-state index in [1.54, 1.807) is 26.0 Å². The molecule has 2 rings (SSSR count). The minimum absolute atomic E-state index is 0.0457. The van der Waals surface area contributed by atoms with E-state index in [0.717, 1.165) is 0 Å². The lowest BCUT2D eigenvalue weighted by atomic mass is 10.2. The van der Waals surface area contributed by atoms with E-state index in [-0.39, 0.29) is 12.3 Å². The van der Waals surface area contributed by atoms with Crippen LogP contribution in [0.4, 0.5) is 11.4 Å². The first-order valence-corrected chi connectivity index (χ1v) is 7.79. The van der Waals surface area contributed by atoms with Crippen molar-refractivity contribution in [1.29, 1.82) is 5.26 Å². The number of hydrogen-bond donors (Lipinski definition) is 1. The summed E-state index contributed by atoms with van der Waals surface area (Å²) < 4.78 is 10.9. The molecule has 0 heterocycles. The van der Waals surface area contributed by atoms with Gasteiger partial charge in [-0.1, -0.05) is 0 Å². The summed E-state index contributed by atoms with van der Waals surface area (Å²) in [4.78, 5) is 22.3. The number of carbonyl (C=O) groups is 1. The number of amides is 1. The van der Waals surface area contributed by atoms with E-state index in [4.69, 9.17) is 14.7 Å². The molecule has 0 spiro atoms. The van der Waals surface area contributed by atoms with Crippen LogP contribution in [-0.2, 0) is 4.79 Å². The minimum atomic E-state index is -0.498. The van der Waals surface area contributed by atoms with Gasteiger partial charge in [0.2, 0.25) is 0 Å². The van der Waals surface area contributed by atoms with Gasteiger partial charge in [-0.15, -0.1) is 0 Å². The quantitative estimate of drug-likeness (QED) is 0.602. The Balaban J connectivity index is 2.03. The number of anilines is 1. The predicted octanol–water partition coefficient (Wildman–Crippen LogP) is 3.19. The maximum atomic E-state index is 12.1. The van der Waals surface area contributed by atoms with Crippen LogP contribution in [0.5, 0.6) is 11.5 Å². The molecule has 0 radical (unpaired) electrons. The van der Waals surface area contributed by atoms with Gasteiger partial charge in [-0.2, -0.15) is 5.26 Å². The monoisotopic (exact) mass is 355 g/mol. The van der Waals surface area contributed by atoms with Crippen LogP contribution in [0.1, 0.15) is 18.1 Å². The van der Waals surface area contributed by atoms with Gasteiger partial charge in [-0.05, 0) is 37.6 Å². The first kappa shape index (κ1) is 18.7. The van der Waals surface area contributed by atoms with E-state index >= 15 is 0 Å². The number of rotatable bonds is 7. The van der Waals surface area contributed by atoms with Crippen molar-refractivity contribution in [3.05, 3.63) is 57.6 Å². The fraction of sp³-hybridized carbons (Fsp3) is 0.222. The summed E-state index contributed by atoms with van der Waals surface area (Å²) in [6, 6.07) is 10.8. The smallest absolute Gasteiger partial charge is 0.269 e. The number of non-ortho nitro benzene ring substituents is 1. The molecular weight excluding hydrogens is 338 g/mol. The fourth-order valence-corrected chi connectivity index (χ4v) is 2.20. The normalized spacial score (nSPS) is 9.88. The highest BCUT2D eigenvalue weighted by Gasteiger charge is 2.12. The molecule has 0 aliphatic heterocycles. The van der Waals surface area contributed by atoms with Crippen LogP contribution in [0.3, 0.4) is 0 Å². The van der Waals surface area contributed by atoms with Crippen molar-refractivity contribution in [3.8, 4) is 17.6 Å². The van der Waals surface area contributed by atoms with E-state index in [2.05, 4.69) is 5.32 Å². The molecule has 26 heavy (non-hydrogen) atoms. The van der Waals surface area contributed by atoms with Gasteiger partial charge in [0.05, 0.1) is 23.2 Å². The van der Waals surface area contributed by atoms with Gasteiger partial charge in [0, 0.05) is 23.9 Å². The summed E-state index contributed by atoms with van der Waals surface area (Å²) in [5.74, 6) is 0.307. The molecule has 0 bridgehead atoms. The van der Waals surface area contributed by atoms with Crippen molar-refractivity contribution in [2.75, 3.05) is 18.5 Å². The Labute approximate surface area is 150 Å². The lowest BCUT2D eigenvalue weighted by Crippen LogP contribution is -2.21. The molecule has 0 saturated carbocycles. The zero-order valence-corrected chi connectivity index (χ0v) is 14.3. The maximum absolute atomic E-state index is 12.1. The van der Waals surface area contributed by atoms with E-state index in [9.17, 15) is 14.9 Å². The first-order valence-electron chi connectivity index (χ1n) is 7.79. The first-order chi connectivity index (χ1) is 12.4. The van der Waals surface area contributed by atoms with Crippen LogP contribution in [-0.4, -0.2) is 24.0 Å². The molecule has 0 unspecified atom stereocenters. The molecule has 0 aliphatic carbocycles. The SMILES string of the molecule is CCOc1cc(C#N)ccc1OCC(=O)Nc1ccc([N+](=O)[O-])cc1C. The van der Waals surface area contributed by atoms with Gasteiger partial charge in [0.15, 0.2) is 18.1 Å². The van der Waals surface area contributed by atoms with Crippen LogP contribution < -0.4 is 14.8 Å². The topological polar surface area (TPSA) is 114 Å². The number of hydrogen-bond acceptors (Lipinski definition) is 6. The molecule has 8 nitrogen and oxygen atoms in total. The Hall–Kier alpha value is -3.60. The van der Waals surface area contributed by atoms with Crippen molar-refractivity contribution in [1.82, 2.24) is 0 Å². The maximum Gasteiger partial charge on any atom is 0.269 e. The summed E-state index contributed by atoms with van der Waals surface area (Å²) in [5.41, 5.74) is 1.41.